The fraction of sp³-hybridized carbons (Fsp3) is 0.300. The number of anilines is 1. The first kappa shape index (κ1) is 22.1. The van der Waals surface area contributed by atoms with Crippen LogP contribution in [0.15, 0.2) is 52.2 Å². The summed E-state index contributed by atoms with van der Waals surface area (Å²) in [5.41, 5.74) is 0. The summed E-state index contributed by atoms with van der Waals surface area (Å²) in [5.74, 6) is 2.72. The molecule has 1 atom stereocenters. The Hall–Kier alpha value is -2.59. The Labute approximate surface area is 187 Å². The molecule has 0 bridgehead atoms. The van der Waals surface area contributed by atoms with Gasteiger partial charge in [-0.25, -0.2) is 4.98 Å². The molecule has 0 fully saturated rings. The lowest BCUT2D eigenvalue weighted by molar-refractivity contribution is -0.113. The molecule has 0 aliphatic carbocycles. The predicted molar refractivity (Wildman–Crippen MR) is 119 cm³/mol. The van der Waals surface area contributed by atoms with Crippen LogP contribution in [0.3, 0.4) is 0 Å². The predicted octanol–water partition coefficient (Wildman–Crippen LogP) is 4.33. The third kappa shape index (κ3) is 5.73. The van der Waals surface area contributed by atoms with E-state index in [1.54, 1.807) is 19.4 Å². The van der Waals surface area contributed by atoms with Crippen LogP contribution in [0.25, 0.3) is 0 Å². The van der Waals surface area contributed by atoms with E-state index >= 15 is 0 Å². The second-order valence-corrected chi connectivity index (χ2v) is 8.08. The zero-order valence-corrected chi connectivity index (χ0v) is 19.2. The number of rotatable bonds is 9. The molecule has 0 aliphatic heterocycles. The van der Waals surface area contributed by atoms with E-state index in [-0.39, 0.29) is 17.8 Å². The van der Waals surface area contributed by atoms with Crippen molar-refractivity contribution in [3.05, 3.63) is 52.9 Å². The van der Waals surface area contributed by atoms with E-state index in [9.17, 15) is 4.79 Å². The maximum atomic E-state index is 12.2. The maximum Gasteiger partial charge on any atom is 0.236 e. The van der Waals surface area contributed by atoms with E-state index in [0.29, 0.717) is 29.1 Å². The monoisotopic (exact) mass is 491 g/mol. The van der Waals surface area contributed by atoms with Crippen molar-refractivity contribution in [2.24, 2.45) is 0 Å². The molecule has 0 aliphatic rings. The number of ether oxygens (including phenoxy) is 2. The van der Waals surface area contributed by atoms with E-state index in [2.05, 4.69) is 36.4 Å². The largest absolute Gasteiger partial charge is 0.497 e. The number of hydrogen-bond donors (Lipinski definition) is 1. The summed E-state index contributed by atoms with van der Waals surface area (Å²) in [6, 6.07) is 10.9. The minimum atomic E-state index is -0.305. The van der Waals surface area contributed by atoms with Crippen LogP contribution in [0.1, 0.15) is 25.8 Å². The molecule has 1 amide bonds. The van der Waals surface area contributed by atoms with Crippen LogP contribution < -0.4 is 14.8 Å². The van der Waals surface area contributed by atoms with Crippen LogP contribution in [-0.2, 0) is 11.3 Å². The lowest BCUT2D eigenvalue weighted by Gasteiger charge is -2.15. The fourth-order valence-corrected chi connectivity index (χ4v) is 3.72. The Bertz CT molecular complexity index is 979. The first-order valence-electron chi connectivity index (χ1n) is 9.28. The topological polar surface area (TPSA) is 91.2 Å². The third-order valence-electron chi connectivity index (χ3n) is 4.12. The van der Waals surface area contributed by atoms with Gasteiger partial charge < -0.3 is 19.4 Å². The molecule has 3 aromatic rings. The van der Waals surface area contributed by atoms with Gasteiger partial charge in [-0.15, -0.1) is 10.2 Å². The Kier molecular flexibility index (Phi) is 7.69. The van der Waals surface area contributed by atoms with Crippen molar-refractivity contribution >= 4 is 39.4 Å². The first-order valence-corrected chi connectivity index (χ1v) is 11.1. The van der Waals surface area contributed by atoms with E-state index in [1.807, 2.05) is 48.7 Å². The van der Waals surface area contributed by atoms with Crippen LogP contribution in [0, 0.1) is 0 Å². The average Bonchev–Trinajstić information content (AvgIpc) is 3.17. The second-order valence-electron chi connectivity index (χ2n) is 6.22. The quantitative estimate of drug-likeness (QED) is 0.445. The van der Waals surface area contributed by atoms with Gasteiger partial charge in [-0.2, -0.15) is 0 Å². The number of carbonyl (C=O) groups is 1. The molecule has 1 unspecified atom stereocenters. The normalized spacial score (nSPS) is 11.7. The SMILES string of the molecule is CCn1c(SCC(=O)Nc2ccc(Br)cn2)nnc1C(C)Oc1ccc(OC)cc1. The molecule has 8 nitrogen and oxygen atoms in total. The van der Waals surface area contributed by atoms with E-state index in [1.165, 1.54) is 11.8 Å². The van der Waals surface area contributed by atoms with Crippen molar-refractivity contribution in [2.75, 3.05) is 18.2 Å². The van der Waals surface area contributed by atoms with Gasteiger partial charge in [-0.1, -0.05) is 11.8 Å². The Morgan fingerprint density at radius 1 is 1.20 bits per heavy atom. The smallest absolute Gasteiger partial charge is 0.236 e. The van der Waals surface area contributed by atoms with Gasteiger partial charge in [0.2, 0.25) is 5.91 Å². The average molecular weight is 492 g/mol. The minimum absolute atomic E-state index is 0.162. The molecule has 1 aromatic carbocycles. The molecule has 3 rings (SSSR count). The Morgan fingerprint density at radius 3 is 2.57 bits per heavy atom. The molecule has 2 aromatic heterocycles. The fourth-order valence-electron chi connectivity index (χ4n) is 2.67. The number of nitrogens with zero attached hydrogens (tertiary/aromatic N) is 4. The highest BCUT2D eigenvalue weighted by Gasteiger charge is 2.19. The van der Waals surface area contributed by atoms with E-state index in [4.69, 9.17) is 9.47 Å². The Balaban J connectivity index is 1.61. The highest BCUT2D eigenvalue weighted by molar-refractivity contribution is 9.10. The Morgan fingerprint density at radius 2 is 1.93 bits per heavy atom. The molecule has 0 radical (unpaired) electrons. The van der Waals surface area contributed by atoms with Crippen molar-refractivity contribution < 1.29 is 14.3 Å². The van der Waals surface area contributed by atoms with Crippen LogP contribution in [0.4, 0.5) is 5.82 Å². The van der Waals surface area contributed by atoms with Gasteiger partial charge in [0.05, 0.1) is 12.9 Å². The molecule has 1 N–H and O–H groups in total. The van der Waals surface area contributed by atoms with E-state index in [0.717, 1.165) is 10.2 Å². The number of pyridine rings is 1. The number of aromatic nitrogens is 4. The van der Waals surface area contributed by atoms with Gasteiger partial charge in [0.1, 0.15) is 17.3 Å². The van der Waals surface area contributed by atoms with Crippen molar-refractivity contribution in [1.82, 2.24) is 19.7 Å². The highest BCUT2D eigenvalue weighted by atomic mass is 79.9. The van der Waals surface area contributed by atoms with Crippen molar-refractivity contribution in [3.8, 4) is 11.5 Å². The second kappa shape index (κ2) is 10.4. The summed E-state index contributed by atoms with van der Waals surface area (Å²) in [6.07, 6.45) is 1.33. The molecule has 10 heteroatoms. The number of nitrogens with one attached hydrogen (secondary N) is 1. The zero-order chi connectivity index (χ0) is 21.5. The van der Waals surface area contributed by atoms with Gasteiger partial charge in [-0.05, 0) is 66.2 Å². The minimum Gasteiger partial charge on any atom is -0.497 e. The number of methoxy groups -OCH3 is 1. The van der Waals surface area contributed by atoms with Gasteiger partial charge >= 0.3 is 0 Å². The number of benzene rings is 1. The van der Waals surface area contributed by atoms with Gasteiger partial charge in [0, 0.05) is 17.2 Å². The summed E-state index contributed by atoms with van der Waals surface area (Å²) in [7, 11) is 1.62. The lowest BCUT2D eigenvalue weighted by Crippen LogP contribution is -2.16. The summed E-state index contributed by atoms with van der Waals surface area (Å²) >= 11 is 4.64. The lowest BCUT2D eigenvalue weighted by atomic mass is 10.3. The number of thioether (sulfide) groups is 1. The van der Waals surface area contributed by atoms with Crippen LogP contribution in [-0.4, -0.2) is 38.5 Å². The highest BCUT2D eigenvalue weighted by Crippen LogP contribution is 2.26. The standard InChI is InChI=1S/C20H22BrN5O3S/c1-4-26-19(13(2)29-16-8-6-15(28-3)7-9-16)24-25-20(26)30-12-18(27)23-17-10-5-14(21)11-22-17/h5-11,13H,4,12H2,1-3H3,(H,22,23,27). The van der Waals surface area contributed by atoms with Crippen LogP contribution >= 0.6 is 27.7 Å². The molecule has 0 spiro atoms. The van der Waals surface area contributed by atoms with Crippen molar-refractivity contribution in [2.45, 2.75) is 31.7 Å². The molecule has 0 saturated heterocycles. The van der Waals surface area contributed by atoms with E-state index < -0.39 is 0 Å². The third-order valence-corrected chi connectivity index (χ3v) is 5.56. The molecular weight excluding hydrogens is 470 g/mol. The van der Waals surface area contributed by atoms with Crippen LogP contribution in [0.5, 0.6) is 11.5 Å². The van der Waals surface area contributed by atoms with Crippen molar-refractivity contribution in [1.29, 1.82) is 0 Å². The number of amides is 1. The molecular formula is C20H22BrN5O3S. The van der Waals surface area contributed by atoms with Crippen molar-refractivity contribution in [3.63, 3.8) is 0 Å². The van der Waals surface area contributed by atoms with Crippen LogP contribution in [0.2, 0.25) is 0 Å². The number of hydrogen-bond acceptors (Lipinski definition) is 7. The molecule has 0 saturated carbocycles. The summed E-state index contributed by atoms with van der Waals surface area (Å²) in [6.45, 7) is 4.58. The molecule has 2 heterocycles. The zero-order valence-electron chi connectivity index (χ0n) is 16.8. The van der Waals surface area contributed by atoms with Gasteiger partial charge in [0.25, 0.3) is 0 Å². The number of carbonyl (C=O) groups excluding carboxylic acids is 1. The first-order chi connectivity index (χ1) is 14.5. The summed E-state index contributed by atoms with van der Waals surface area (Å²) in [5, 5.41) is 12.0. The van der Waals surface area contributed by atoms with Gasteiger partial charge in [0.15, 0.2) is 17.1 Å². The van der Waals surface area contributed by atoms with Gasteiger partial charge in [-0.3, -0.25) is 4.79 Å². The number of halogens is 1. The maximum absolute atomic E-state index is 12.2. The molecule has 30 heavy (non-hydrogen) atoms. The molecule has 158 valence electrons. The summed E-state index contributed by atoms with van der Waals surface area (Å²) in [4.78, 5) is 16.4. The summed E-state index contributed by atoms with van der Waals surface area (Å²) < 4.78 is 14.0.